The first-order valence-corrected chi connectivity index (χ1v) is 9.28. The lowest BCUT2D eigenvalue weighted by atomic mass is 9.91. The molecule has 1 aromatic rings. The number of amides is 1. The largest absolute Gasteiger partial charge is 0.367 e. The molecule has 0 aromatic carbocycles. The number of hydrogen-bond acceptors (Lipinski definition) is 6. The van der Waals surface area contributed by atoms with Crippen LogP contribution in [0.2, 0.25) is 0 Å². The summed E-state index contributed by atoms with van der Waals surface area (Å²) in [6.07, 6.45) is 5.84. The molecule has 1 fully saturated rings. The van der Waals surface area contributed by atoms with Crippen molar-refractivity contribution in [3.8, 4) is 0 Å². The lowest BCUT2D eigenvalue weighted by molar-refractivity contribution is 0.100. The number of aromatic nitrogens is 2. The molecule has 0 saturated heterocycles. The third-order valence-corrected chi connectivity index (χ3v) is 4.35. The Labute approximate surface area is 150 Å². The SMILES string of the molecule is CC(C)CNC1CCC(Nc2nc(NC(C)C)ncc2C(N)=O)CC1. The number of rotatable bonds is 8. The Kier molecular flexibility index (Phi) is 6.99. The fourth-order valence-electron chi connectivity index (χ4n) is 3.04. The highest BCUT2D eigenvalue weighted by Crippen LogP contribution is 2.24. The van der Waals surface area contributed by atoms with Crippen LogP contribution in [0.5, 0.6) is 0 Å². The Hall–Kier alpha value is -1.89. The maximum absolute atomic E-state index is 11.7. The summed E-state index contributed by atoms with van der Waals surface area (Å²) in [5, 5.41) is 10.2. The van der Waals surface area contributed by atoms with Gasteiger partial charge in [-0.1, -0.05) is 13.8 Å². The fourth-order valence-corrected chi connectivity index (χ4v) is 3.04. The first-order chi connectivity index (χ1) is 11.8. The molecule has 1 aliphatic rings. The van der Waals surface area contributed by atoms with E-state index in [0.29, 0.717) is 35.3 Å². The molecule has 1 aliphatic carbocycles. The van der Waals surface area contributed by atoms with E-state index in [9.17, 15) is 4.79 Å². The van der Waals surface area contributed by atoms with Gasteiger partial charge in [-0.25, -0.2) is 4.98 Å². The molecule has 2 rings (SSSR count). The second-order valence-corrected chi connectivity index (χ2v) is 7.61. The van der Waals surface area contributed by atoms with Crippen molar-refractivity contribution >= 4 is 17.7 Å². The van der Waals surface area contributed by atoms with Crippen molar-refractivity contribution in [2.24, 2.45) is 11.7 Å². The zero-order chi connectivity index (χ0) is 18.4. The molecule has 0 aliphatic heterocycles. The van der Waals surface area contributed by atoms with Crippen molar-refractivity contribution in [2.45, 2.75) is 71.5 Å². The molecule has 5 N–H and O–H groups in total. The highest BCUT2D eigenvalue weighted by molar-refractivity contribution is 5.97. The van der Waals surface area contributed by atoms with Crippen molar-refractivity contribution in [3.63, 3.8) is 0 Å². The van der Waals surface area contributed by atoms with E-state index in [-0.39, 0.29) is 6.04 Å². The van der Waals surface area contributed by atoms with E-state index in [1.165, 1.54) is 6.20 Å². The van der Waals surface area contributed by atoms with Crippen molar-refractivity contribution in [2.75, 3.05) is 17.2 Å². The summed E-state index contributed by atoms with van der Waals surface area (Å²) >= 11 is 0. The molecule has 140 valence electrons. The maximum Gasteiger partial charge on any atom is 0.254 e. The minimum Gasteiger partial charge on any atom is -0.367 e. The molecular weight excluding hydrogens is 316 g/mol. The van der Waals surface area contributed by atoms with Crippen LogP contribution in [0.3, 0.4) is 0 Å². The Morgan fingerprint density at radius 2 is 1.84 bits per heavy atom. The minimum atomic E-state index is -0.508. The number of nitrogens with two attached hydrogens (primary N) is 1. The van der Waals surface area contributed by atoms with Gasteiger partial charge in [-0.15, -0.1) is 0 Å². The van der Waals surface area contributed by atoms with E-state index in [4.69, 9.17) is 5.73 Å². The molecular formula is C18H32N6O. The molecule has 1 aromatic heterocycles. The Balaban J connectivity index is 1.98. The molecule has 1 heterocycles. The maximum atomic E-state index is 11.7. The first kappa shape index (κ1) is 19.4. The summed E-state index contributed by atoms with van der Waals surface area (Å²) in [5.74, 6) is 1.20. The summed E-state index contributed by atoms with van der Waals surface area (Å²) in [6, 6.07) is 1.10. The first-order valence-electron chi connectivity index (χ1n) is 9.28. The van der Waals surface area contributed by atoms with Gasteiger partial charge in [0.1, 0.15) is 5.82 Å². The van der Waals surface area contributed by atoms with Crippen LogP contribution in [0, 0.1) is 5.92 Å². The third-order valence-electron chi connectivity index (χ3n) is 4.35. The van der Waals surface area contributed by atoms with Crippen LogP contribution < -0.4 is 21.7 Å². The van der Waals surface area contributed by atoms with Gasteiger partial charge < -0.3 is 21.7 Å². The number of primary amides is 1. The smallest absolute Gasteiger partial charge is 0.254 e. The summed E-state index contributed by atoms with van der Waals surface area (Å²) < 4.78 is 0. The molecule has 0 atom stereocenters. The van der Waals surface area contributed by atoms with Crippen LogP contribution >= 0.6 is 0 Å². The van der Waals surface area contributed by atoms with Gasteiger partial charge in [-0.3, -0.25) is 4.79 Å². The number of carbonyl (C=O) groups is 1. The molecule has 0 unspecified atom stereocenters. The number of nitrogens with one attached hydrogen (secondary N) is 3. The highest BCUT2D eigenvalue weighted by atomic mass is 16.1. The van der Waals surface area contributed by atoms with Crippen LogP contribution in [-0.2, 0) is 0 Å². The van der Waals surface area contributed by atoms with Crippen LogP contribution in [-0.4, -0.2) is 40.5 Å². The Morgan fingerprint density at radius 1 is 1.20 bits per heavy atom. The number of carbonyl (C=O) groups excluding carboxylic acids is 1. The van der Waals surface area contributed by atoms with Gasteiger partial charge in [0.15, 0.2) is 0 Å². The lowest BCUT2D eigenvalue weighted by Crippen LogP contribution is -2.38. The van der Waals surface area contributed by atoms with Gasteiger partial charge in [-0.05, 0) is 52.0 Å². The van der Waals surface area contributed by atoms with Crippen molar-refractivity contribution in [1.29, 1.82) is 0 Å². The minimum absolute atomic E-state index is 0.217. The summed E-state index contributed by atoms with van der Waals surface area (Å²) in [5.41, 5.74) is 5.81. The quantitative estimate of drug-likeness (QED) is 0.575. The number of hydrogen-bond donors (Lipinski definition) is 4. The topological polar surface area (TPSA) is 105 Å². The van der Waals surface area contributed by atoms with Gasteiger partial charge >= 0.3 is 0 Å². The molecule has 1 saturated carbocycles. The van der Waals surface area contributed by atoms with Crippen LogP contribution in [0.25, 0.3) is 0 Å². The molecule has 0 bridgehead atoms. The van der Waals surface area contributed by atoms with Crippen molar-refractivity contribution in [1.82, 2.24) is 15.3 Å². The van der Waals surface area contributed by atoms with Crippen molar-refractivity contribution in [3.05, 3.63) is 11.8 Å². The molecule has 25 heavy (non-hydrogen) atoms. The van der Waals surface area contributed by atoms with E-state index in [2.05, 4.69) is 39.8 Å². The zero-order valence-electron chi connectivity index (χ0n) is 15.8. The Bertz CT molecular complexity index is 567. The summed E-state index contributed by atoms with van der Waals surface area (Å²) in [4.78, 5) is 20.3. The van der Waals surface area contributed by atoms with Gasteiger partial charge in [0.05, 0.1) is 5.56 Å². The second-order valence-electron chi connectivity index (χ2n) is 7.61. The number of nitrogens with zero attached hydrogens (tertiary/aromatic N) is 2. The second kappa shape index (κ2) is 8.99. The van der Waals surface area contributed by atoms with E-state index in [1.807, 2.05) is 13.8 Å². The van der Waals surface area contributed by atoms with E-state index >= 15 is 0 Å². The fraction of sp³-hybridized carbons (Fsp3) is 0.722. The van der Waals surface area contributed by atoms with Gasteiger partial charge in [0.25, 0.3) is 5.91 Å². The van der Waals surface area contributed by atoms with Gasteiger partial charge in [0.2, 0.25) is 5.95 Å². The van der Waals surface area contributed by atoms with Crippen LogP contribution in [0.4, 0.5) is 11.8 Å². The van der Waals surface area contributed by atoms with Gasteiger partial charge in [0, 0.05) is 24.3 Å². The molecule has 7 nitrogen and oxygen atoms in total. The average molecular weight is 348 g/mol. The molecule has 0 spiro atoms. The summed E-state index contributed by atoms with van der Waals surface area (Å²) in [6.45, 7) is 9.55. The van der Waals surface area contributed by atoms with E-state index in [1.54, 1.807) is 0 Å². The predicted octanol–water partition coefficient (Wildman–Crippen LogP) is 2.36. The van der Waals surface area contributed by atoms with E-state index < -0.39 is 5.91 Å². The average Bonchev–Trinajstić information content (AvgIpc) is 2.53. The van der Waals surface area contributed by atoms with Crippen LogP contribution in [0.1, 0.15) is 63.7 Å². The van der Waals surface area contributed by atoms with Crippen molar-refractivity contribution < 1.29 is 4.79 Å². The lowest BCUT2D eigenvalue weighted by Gasteiger charge is -2.31. The van der Waals surface area contributed by atoms with E-state index in [0.717, 1.165) is 32.2 Å². The summed E-state index contributed by atoms with van der Waals surface area (Å²) in [7, 11) is 0. The molecule has 1 amide bonds. The number of anilines is 2. The highest BCUT2D eigenvalue weighted by Gasteiger charge is 2.23. The Morgan fingerprint density at radius 3 is 2.40 bits per heavy atom. The van der Waals surface area contributed by atoms with Crippen LogP contribution in [0.15, 0.2) is 6.20 Å². The standard InChI is InChI=1S/C18H32N6O/c1-11(2)9-20-13-5-7-14(8-6-13)23-17-15(16(19)25)10-21-18(24-17)22-12(3)4/h10-14,20H,5-9H2,1-4H3,(H2,19,25)(H2,21,22,23,24). The monoisotopic (exact) mass is 348 g/mol. The van der Waals surface area contributed by atoms with Gasteiger partial charge in [-0.2, -0.15) is 4.98 Å². The normalized spacial score (nSPS) is 20.7. The predicted molar refractivity (Wildman–Crippen MR) is 102 cm³/mol. The third kappa shape index (κ3) is 6.16. The molecule has 0 radical (unpaired) electrons. The molecule has 7 heteroatoms. The zero-order valence-corrected chi connectivity index (χ0v) is 15.8.